The molecule has 0 fully saturated rings. The van der Waals surface area contributed by atoms with Gasteiger partial charge in [-0.2, -0.15) is 0 Å². The Bertz CT molecular complexity index is 559. The molecule has 2 rings (SSSR count). The van der Waals surface area contributed by atoms with Crippen molar-refractivity contribution in [3.63, 3.8) is 0 Å². The summed E-state index contributed by atoms with van der Waals surface area (Å²) in [5.41, 5.74) is 5.44. The highest BCUT2D eigenvalue weighted by atomic mass is 16.4. The number of pyridine rings is 1. The van der Waals surface area contributed by atoms with Crippen molar-refractivity contribution in [1.29, 1.82) is 0 Å². The van der Waals surface area contributed by atoms with Gasteiger partial charge < -0.3 is 10.8 Å². The zero-order chi connectivity index (χ0) is 12.5. The Balaban J connectivity index is 2.46. The highest BCUT2D eigenvalue weighted by molar-refractivity contribution is 5.86. The second-order valence-corrected chi connectivity index (χ2v) is 4.41. The highest BCUT2D eigenvalue weighted by Crippen LogP contribution is 2.21. The number of hydrogen-bond donors (Lipinski definition) is 2. The number of nitrogens with two attached hydrogens (primary N) is 1. The summed E-state index contributed by atoms with van der Waals surface area (Å²) in [7, 11) is 0. The molecule has 0 aliphatic rings. The monoisotopic (exact) mass is 230 g/mol. The molecule has 88 valence electrons. The third-order valence-electron chi connectivity index (χ3n) is 2.82. The number of fused-ring (bicyclic) bond motifs is 1. The highest BCUT2D eigenvalue weighted by Gasteiger charge is 2.28. The van der Waals surface area contributed by atoms with Gasteiger partial charge in [-0.3, -0.25) is 9.78 Å². The summed E-state index contributed by atoms with van der Waals surface area (Å²) < 4.78 is 0. The van der Waals surface area contributed by atoms with E-state index in [0.29, 0.717) is 6.42 Å². The van der Waals surface area contributed by atoms with E-state index in [1.807, 2.05) is 24.3 Å². The summed E-state index contributed by atoms with van der Waals surface area (Å²) in [6.45, 7) is 1.52. The maximum Gasteiger partial charge on any atom is 0.323 e. The van der Waals surface area contributed by atoms with E-state index in [2.05, 4.69) is 4.98 Å². The van der Waals surface area contributed by atoms with Crippen LogP contribution in [-0.2, 0) is 11.2 Å². The number of nitrogens with zero attached hydrogens (tertiary/aromatic N) is 1. The lowest BCUT2D eigenvalue weighted by molar-refractivity contribution is -0.142. The van der Waals surface area contributed by atoms with E-state index >= 15 is 0 Å². The van der Waals surface area contributed by atoms with Gasteiger partial charge in [0.1, 0.15) is 5.54 Å². The molecule has 4 nitrogen and oxygen atoms in total. The molecule has 0 amide bonds. The minimum atomic E-state index is -1.25. The molecule has 0 radical (unpaired) electrons. The molecule has 1 heterocycles. The van der Waals surface area contributed by atoms with Gasteiger partial charge in [0, 0.05) is 24.2 Å². The Morgan fingerprint density at radius 3 is 2.94 bits per heavy atom. The molecule has 1 aromatic heterocycles. The van der Waals surface area contributed by atoms with Crippen molar-refractivity contribution in [3.05, 3.63) is 42.2 Å². The van der Waals surface area contributed by atoms with Gasteiger partial charge in [0.2, 0.25) is 0 Å². The lowest BCUT2D eigenvalue weighted by Crippen LogP contribution is -2.46. The standard InChI is InChI=1S/C13H14N2O2/c1-13(14,12(16)17)7-9-3-2-4-10-8-15-6-5-11(9)10/h2-6,8H,7,14H2,1H3,(H,16,17)/t13-/m0/s1. The molecule has 0 bridgehead atoms. The molecule has 4 heteroatoms. The number of aromatic nitrogens is 1. The van der Waals surface area contributed by atoms with Crippen LogP contribution >= 0.6 is 0 Å². The molecular weight excluding hydrogens is 216 g/mol. The summed E-state index contributed by atoms with van der Waals surface area (Å²) >= 11 is 0. The molecule has 1 aromatic carbocycles. The van der Waals surface area contributed by atoms with Gasteiger partial charge in [-0.15, -0.1) is 0 Å². The molecule has 2 aromatic rings. The first-order chi connectivity index (χ1) is 8.00. The van der Waals surface area contributed by atoms with Gasteiger partial charge in [0.05, 0.1) is 0 Å². The first-order valence-electron chi connectivity index (χ1n) is 5.34. The summed E-state index contributed by atoms with van der Waals surface area (Å²) in [5, 5.41) is 11.0. The lowest BCUT2D eigenvalue weighted by atomic mass is 9.91. The van der Waals surface area contributed by atoms with Crippen molar-refractivity contribution < 1.29 is 9.90 Å². The number of benzene rings is 1. The van der Waals surface area contributed by atoms with Gasteiger partial charge in [0.25, 0.3) is 0 Å². The van der Waals surface area contributed by atoms with Crippen LogP contribution in [0.25, 0.3) is 10.8 Å². The molecule has 3 N–H and O–H groups in total. The van der Waals surface area contributed by atoms with E-state index in [9.17, 15) is 4.79 Å². The average Bonchev–Trinajstić information content (AvgIpc) is 2.29. The minimum Gasteiger partial charge on any atom is -0.480 e. The van der Waals surface area contributed by atoms with Crippen molar-refractivity contribution in [1.82, 2.24) is 4.98 Å². The Morgan fingerprint density at radius 2 is 2.24 bits per heavy atom. The topological polar surface area (TPSA) is 76.2 Å². The summed E-state index contributed by atoms with van der Waals surface area (Å²) in [5.74, 6) is -0.997. The SMILES string of the molecule is C[C@](N)(Cc1cccc2cnccc12)C(=O)O. The fraction of sp³-hybridized carbons (Fsp3) is 0.231. The van der Waals surface area contributed by atoms with E-state index < -0.39 is 11.5 Å². The maximum atomic E-state index is 11.0. The van der Waals surface area contributed by atoms with Gasteiger partial charge >= 0.3 is 5.97 Å². The molecule has 0 saturated carbocycles. The second-order valence-electron chi connectivity index (χ2n) is 4.41. The molecule has 0 aliphatic carbocycles. The summed E-state index contributed by atoms with van der Waals surface area (Å²) in [4.78, 5) is 15.1. The van der Waals surface area contributed by atoms with Crippen LogP contribution in [0.3, 0.4) is 0 Å². The van der Waals surface area contributed by atoms with Crippen LogP contribution in [-0.4, -0.2) is 21.6 Å². The Labute approximate surface area is 99.1 Å². The molecule has 0 spiro atoms. The van der Waals surface area contributed by atoms with E-state index in [4.69, 9.17) is 10.8 Å². The Morgan fingerprint density at radius 1 is 1.47 bits per heavy atom. The van der Waals surface area contributed by atoms with E-state index in [0.717, 1.165) is 16.3 Å². The smallest absolute Gasteiger partial charge is 0.323 e. The first kappa shape index (κ1) is 11.5. The third kappa shape index (κ3) is 2.26. The second kappa shape index (κ2) is 4.14. The van der Waals surface area contributed by atoms with Crippen molar-refractivity contribution in [3.8, 4) is 0 Å². The number of aliphatic carboxylic acids is 1. The predicted octanol–water partition coefficient (Wildman–Crippen LogP) is 1.58. The van der Waals surface area contributed by atoms with Crippen LogP contribution < -0.4 is 5.73 Å². The van der Waals surface area contributed by atoms with Crippen molar-refractivity contribution >= 4 is 16.7 Å². The normalized spacial score (nSPS) is 14.5. The Hall–Kier alpha value is -1.94. The third-order valence-corrected chi connectivity index (χ3v) is 2.82. The number of rotatable bonds is 3. The van der Waals surface area contributed by atoms with Crippen molar-refractivity contribution in [2.24, 2.45) is 5.73 Å². The lowest BCUT2D eigenvalue weighted by Gasteiger charge is -2.20. The minimum absolute atomic E-state index is 0.295. The fourth-order valence-corrected chi connectivity index (χ4v) is 1.82. The van der Waals surface area contributed by atoms with Crippen LogP contribution in [0.4, 0.5) is 0 Å². The van der Waals surface area contributed by atoms with Crippen molar-refractivity contribution in [2.45, 2.75) is 18.9 Å². The number of carboxylic acid groups (broad SMARTS) is 1. The van der Waals surface area contributed by atoms with Crippen LogP contribution in [0.1, 0.15) is 12.5 Å². The zero-order valence-electron chi connectivity index (χ0n) is 9.55. The molecular formula is C13H14N2O2. The van der Waals surface area contributed by atoms with E-state index in [1.165, 1.54) is 6.92 Å². The largest absolute Gasteiger partial charge is 0.480 e. The molecule has 0 saturated heterocycles. The fourth-order valence-electron chi connectivity index (χ4n) is 1.82. The number of carboxylic acids is 1. The zero-order valence-corrected chi connectivity index (χ0v) is 9.55. The maximum absolute atomic E-state index is 11.0. The van der Waals surface area contributed by atoms with Crippen molar-refractivity contribution in [2.75, 3.05) is 0 Å². The van der Waals surface area contributed by atoms with Crippen LogP contribution in [0.15, 0.2) is 36.7 Å². The van der Waals surface area contributed by atoms with Crippen LogP contribution in [0.5, 0.6) is 0 Å². The van der Waals surface area contributed by atoms with Crippen LogP contribution in [0.2, 0.25) is 0 Å². The van der Waals surface area contributed by atoms with E-state index in [-0.39, 0.29) is 0 Å². The summed E-state index contributed by atoms with van der Waals surface area (Å²) in [6, 6.07) is 7.61. The number of hydrogen-bond acceptors (Lipinski definition) is 3. The van der Waals surface area contributed by atoms with Gasteiger partial charge in [-0.05, 0) is 23.9 Å². The molecule has 0 unspecified atom stereocenters. The molecule has 17 heavy (non-hydrogen) atoms. The molecule has 1 atom stereocenters. The molecule has 0 aliphatic heterocycles. The quantitative estimate of drug-likeness (QED) is 0.839. The average molecular weight is 230 g/mol. The van der Waals surface area contributed by atoms with Crippen LogP contribution in [0, 0.1) is 0 Å². The number of carbonyl (C=O) groups is 1. The van der Waals surface area contributed by atoms with Gasteiger partial charge in [-0.1, -0.05) is 18.2 Å². The van der Waals surface area contributed by atoms with Gasteiger partial charge in [0.15, 0.2) is 0 Å². The first-order valence-corrected chi connectivity index (χ1v) is 5.34. The predicted molar refractivity (Wildman–Crippen MR) is 65.7 cm³/mol. The van der Waals surface area contributed by atoms with Gasteiger partial charge in [-0.25, -0.2) is 0 Å². The van der Waals surface area contributed by atoms with E-state index in [1.54, 1.807) is 12.4 Å². The Kier molecular flexibility index (Phi) is 2.81. The summed E-state index contributed by atoms with van der Waals surface area (Å²) in [6.07, 6.45) is 3.75.